The summed E-state index contributed by atoms with van der Waals surface area (Å²) in [5.41, 5.74) is 4.86. The molecule has 4 N–H and O–H groups in total. The number of carbonyl (C=O) groups excluding carboxylic acids is 3. The maximum Gasteiger partial charge on any atom is 0.307 e. The summed E-state index contributed by atoms with van der Waals surface area (Å²) < 4.78 is 48.5. The lowest BCUT2D eigenvalue weighted by molar-refractivity contribution is -0.136. The number of methoxy groups -OCH3 is 2. The van der Waals surface area contributed by atoms with E-state index in [9.17, 15) is 27.6 Å². The molecule has 5 aromatic carbocycles. The zero-order chi connectivity index (χ0) is 45.1. The smallest absolute Gasteiger partial charge is 0.307 e. The van der Waals surface area contributed by atoms with Gasteiger partial charge in [0, 0.05) is 22.5 Å². The molecule has 2 heterocycles. The Bertz CT molecular complexity index is 2820. The average Bonchev–Trinajstić information content (AvgIpc) is 3.87. The van der Waals surface area contributed by atoms with Gasteiger partial charge in [0.15, 0.2) is 0 Å². The zero-order valence-corrected chi connectivity index (χ0v) is 35.4. The van der Waals surface area contributed by atoms with Crippen LogP contribution in [0.5, 0.6) is 11.5 Å². The molecule has 0 aliphatic rings. The molecule has 0 saturated heterocycles. The second kappa shape index (κ2) is 20.1. The van der Waals surface area contributed by atoms with Gasteiger partial charge in [0.05, 0.1) is 43.1 Å². The van der Waals surface area contributed by atoms with Crippen LogP contribution in [0.15, 0.2) is 153 Å². The molecule has 0 bridgehead atoms. The molecule has 0 unspecified atom stereocenters. The van der Waals surface area contributed by atoms with E-state index in [4.69, 9.17) is 23.4 Å². The molecule has 0 atom stereocenters. The fourth-order valence-electron chi connectivity index (χ4n) is 6.22. The van der Waals surface area contributed by atoms with Gasteiger partial charge in [0.1, 0.15) is 34.5 Å². The number of rotatable bonds is 14. The molecule has 0 radical (unpaired) electrons. The standard InChI is InChI=1S/C27H24N2O6S.C21H19NO5/c1-18-24(17-25(35-18)20-10-14-22(34-2)15-11-20)27(31)28-21-12-8-19(9-13-21)16-26(30)29-36(32,33)23-6-4-3-5-7-23;1-13-18(12-19(27-13)15-5-9-17(26-2)10-6-15)21(25)22-16-7-3-14(4-8-16)11-20(23)24/h3-15,17H,16H2,1-2H3,(H,28,31)(H,29,30);3-10,12H,11H2,1-2H3,(H,22,25)(H,23,24). The molecule has 14 nitrogen and oxygen atoms in total. The van der Waals surface area contributed by atoms with Crippen molar-refractivity contribution in [1.82, 2.24) is 4.72 Å². The molecule has 0 spiro atoms. The number of carboxylic acid groups (broad SMARTS) is 1. The molecule has 0 aliphatic heterocycles. The minimum Gasteiger partial charge on any atom is -0.497 e. The van der Waals surface area contributed by atoms with Crippen LogP contribution in [0.25, 0.3) is 22.6 Å². The Morgan fingerprint density at radius 1 is 0.571 bits per heavy atom. The lowest BCUT2D eigenvalue weighted by atomic mass is 10.1. The minimum atomic E-state index is -3.93. The van der Waals surface area contributed by atoms with Gasteiger partial charge in [-0.05, 0) is 122 Å². The average molecular weight is 870 g/mol. The van der Waals surface area contributed by atoms with Crippen molar-refractivity contribution in [3.05, 3.63) is 173 Å². The second-order valence-corrected chi connectivity index (χ2v) is 15.7. The van der Waals surface area contributed by atoms with Gasteiger partial charge >= 0.3 is 5.97 Å². The highest BCUT2D eigenvalue weighted by Crippen LogP contribution is 2.29. The van der Waals surface area contributed by atoms with Crippen molar-refractivity contribution in [1.29, 1.82) is 0 Å². The predicted octanol–water partition coefficient (Wildman–Crippen LogP) is 8.71. The van der Waals surface area contributed by atoms with Crippen LogP contribution in [0.4, 0.5) is 11.4 Å². The maximum absolute atomic E-state index is 12.8. The Morgan fingerprint density at radius 2 is 0.984 bits per heavy atom. The number of furan rings is 2. The highest BCUT2D eigenvalue weighted by atomic mass is 32.2. The van der Waals surface area contributed by atoms with Crippen LogP contribution in [-0.4, -0.2) is 51.4 Å². The number of hydrogen-bond donors (Lipinski definition) is 4. The van der Waals surface area contributed by atoms with Crippen LogP contribution in [0, 0.1) is 13.8 Å². The summed E-state index contributed by atoms with van der Waals surface area (Å²) >= 11 is 0. The molecule has 0 saturated carbocycles. The topological polar surface area (TPSA) is 203 Å². The van der Waals surface area contributed by atoms with E-state index < -0.39 is 21.9 Å². The molecule has 15 heteroatoms. The first-order valence-corrected chi connectivity index (χ1v) is 20.8. The van der Waals surface area contributed by atoms with Gasteiger partial charge < -0.3 is 34.0 Å². The van der Waals surface area contributed by atoms with Gasteiger partial charge in [-0.25, -0.2) is 13.1 Å². The second-order valence-electron chi connectivity index (χ2n) is 14.0. The van der Waals surface area contributed by atoms with Crippen LogP contribution in [0.3, 0.4) is 0 Å². The van der Waals surface area contributed by atoms with Crippen molar-refractivity contribution in [2.75, 3.05) is 24.9 Å². The van der Waals surface area contributed by atoms with E-state index in [0.717, 1.165) is 22.6 Å². The molecule has 63 heavy (non-hydrogen) atoms. The van der Waals surface area contributed by atoms with Gasteiger partial charge in [-0.15, -0.1) is 0 Å². The fourth-order valence-corrected chi connectivity index (χ4v) is 7.23. The fraction of sp³-hybridized carbons (Fsp3) is 0.125. The highest BCUT2D eigenvalue weighted by molar-refractivity contribution is 7.90. The van der Waals surface area contributed by atoms with Crippen LogP contribution in [0.2, 0.25) is 0 Å². The molecular weight excluding hydrogens is 827 g/mol. The summed E-state index contributed by atoms with van der Waals surface area (Å²) in [5.74, 6) is 1.43. The molecule has 7 aromatic rings. The number of ether oxygens (including phenoxy) is 2. The van der Waals surface area contributed by atoms with Crippen molar-refractivity contribution in [3.8, 4) is 34.1 Å². The van der Waals surface area contributed by atoms with Crippen molar-refractivity contribution in [2.45, 2.75) is 31.6 Å². The minimum absolute atomic E-state index is 0.0149. The number of anilines is 2. The molecule has 7 rings (SSSR count). The van der Waals surface area contributed by atoms with Crippen LogP contribution in [-0.2, 0) is 32.5 Å². The molecule has 3 amide bonds. The number of nitrogens with one attached hydrogen (secondary N) is 3. The first-order valence-electron chi connectivity index (χ1n) is 19.3. The van der Waals surface area contributed by atoms with E-state index in [1.807, 2.05) is 48.5 Å². The Labute approximate surface area is 363 Å². The number of aliphatic carboxylic acids is 1. The van der Waals surface area contributed by atoms with Gasteiger partial charge in [-0.3, -0.25) is 19.2 Å². The first kappa shape index (κ1) is 44.6. The van der Waals surface area contributed by atoms with Crippen LogP contribution in [0.1, 0.15) is 43.4 Å². The van der Waals surface area contributed by atoms with Gasteiger partial charge in [0.2, 0.25) is 5.91 Å². The monoisotopic (exact) mass is 869 g/mol. The summed E-state index contributed by atoms with van der Waals surface area (Å²) in [6.45, 7) is 3.45. The Balaban J connectivity index is 0.000000219. The lowest BCUT2D eigenvalue weighted by Gasteiger charge is -2.08. The van der Waals surface area contributed by atoms with E-state index >= 15 is 0 Å². The summed E-state index contributed by atoms with van der Waals surface area (Å²) in [7, 11) is -0.742. The number of aryl methyl sites for hydroxylation is 2. The summed E-state index contributed by atoms with van der Waals surface area (Å²) in [6, 6.07) is 39.0. The van der Waals surface area contributed by atoms with E-state index in [1.54, 1.807) is 107 Å². The van der Waals surface area contributed by atoms with Crippen molar-refractivity contribution < 1.29 is 51.0 Å². The highest BCUT2D eigenvalue weighted by Gasteiger charge is 2.20. The van der Waals surface area contributed by atoms with E-state index in [1.165, 1.54) is 12.1 Å². The first-order chi connectivity index (χ1) is 30.2. The molecule has 2 aromatic heterocycles. The van der Waals surface area contributed by atoms with Crippen molar-refractivity contribution >= 4 is 45.1 Å². The van der Waals surface area contributed by atoms with Gasteiger partial charge in [0.25, 0.3) is 21.8 Å². The quantitative estimate of drug-likeness (QED) is 0.0814. The van der Waals surface area contributed by atoms with Gasteiger partial charge in [-0.1, -0.05) is 42.5 Å². The number of carbonyl (C=O) groups is 4. The Kier molecular flexibility index (Phi) is 14.2. The summed E-state index contributed by atoms with van der Waals surface area (Å²) in [4.78, 5) is 48.4. The zero-order valence-electron chi connectivity index (χ0n) is 34.6. The Morgan fingerprint density at radius 3 is 1.38 bits per heavy atom. The van der Waals surface area contributed by atoms with Gasteiger partial charge in [-0.2, -0.15) is 0 Å². The number of hydrogen-bond acceptors (Lipinski definition) is 10. The summed E-state index contributed by atoms with van der Waals surface area (Å²) in [6.07, 6.45) is -0.188. The number of benzene rings is 5. The molecule has 322 valence electrons. The summed E-state index contributed by atoms with van der Waals surface area (Å²) in [5, 5.41) is 14.4. The SMILES string of the molecule is COc1ccc(-c2cc(C(=O)Nc3ccc(CC(=O)NS(=O)(=O)c4ccccc4)cc3)c(C)o2)cc1.COc1ccc(-c2cc(C(=O)Nc3ccc(CC(=O)O)cc3)c(C)o2)cc1. The normalized spacial score (nSPS) is 10.8. The van der Waals surface area contributed by atoms with Crippen molar-refractivity contribution in [3.63, 3.8) is 0 Å². The molecule has 0 fully saturated rings. The third-order valence-electron chi connectivity index (χ3n) is 9.52. The van der Waals surface area contributed by atoms with E-state index in [-0.39, 0.29) is 29.6 Å². The number of carboxylic acids is 1. The molecular formula is C48H43N3O11S. The Hall–Kier alpha value is -7.91. The number of amides is 3. The third-order valence-corrected chi connectivity index (χ3v) is 10.9. The maximum atomic E-state index is 12.8. The van der Waals surface area contributed by atoms with E-state index in [2.05, 4.69) is 15.4 Å². The predicted molar refractivity (Wildman–Crippen MR) is 236 cm³/mol. The van der Waals surface area contributed by atoms with Crippen LogP contribution >= 0.6 is 0 Å². The molecule has 0 aliphatic carbocycles. The lowest BCUT2D eigenvalue weighted by Crippen LogP contribution is -2.31. The van der Waals surface area contributed by atoms with E-state index in [0.29, 0.717) is 56.7 Å². The van der Waals surface area contributed by atoms with Crippen molar-refractivity contribution in [2.24, 2.45) is 0 Å². The van der Waals surface area contributed by atoms with Crippen LogP contribution < -0.4 is 24.8 Å². The largest absolute Gasteiger partial charge is 0.497 e. The number of sulfonamides is 1. The third kappa shape index (κ3) is 11.9.